The zero-order valence-electron chi connectivity index (χ0n) is 15.1. The van der Waals surface area contributed by atoms with Crippen LogP contribution in [-0.2, 0) is 4.79 Å². The van der Waals surface area contributed by atoms with Crippen molar-refractivity contribution in [1.82, 2.24) is 5.32 Å². The van der Waals surface area contributed by atoms with Crippen LogP contribution in [0.2, 0.25) is 5.02 Å². The molecule has 0 atom stereocenters. The predicted octanol–water partition coefficient (Wildman–Crippen LogP) is 4.94. The predicted molar refractivity (Wildman–Crippen MR) is 107 cm³/mol. The van der Waals surface area contributed by atoms with Gasteiger partial charge in [-0.25, -0.2) is 4.39 Å². The fraction of sp³-hybridized carbons (Fsp3) is 0.400. The van der Waals surface area contributed by atoms with Crippen molar-refractivity contribution in [3.63, 3.8) is 0 Å². The number of amides is 2. The van der Waals surface area contributed by atoms with Gasteiger partial charge in [-0.3, -0.25) is 14.5 Å². The molecule has 0 unspecified atom stereocenters. The van der Waals surface area contributed by atoms with Gasteiger partial charge in [-0.2, -0.15) is 0 Å². The number of halogens is 2. The molecule has 1 aliphatic carbocycles. The van der Waals surface area contributed by atoms with Gasteiger partial charge in [-0.15, -0.1) is 11.3 Å². The number of carbonyl (C=O) groups is 2. The van der Waals surface area contributed by atoms with E-state index in [1.807, 2.05) is 13.0 Å². The fourth-order valence-electron chi connectivity index (χ4n) is 3.28. The van der Waals surface area contributed by atoms with Gasteiger partial charge >= 0.3 is 0 Å². The van der Waals surface area contributed by atoms with Crippen molar-refractivity contribution in [2.24, 2.45) is 0 Å². The Kier molecular flexibility index (Phi) is 6.50. The highest BCUT2D eigenvalue weighted by atomic mass is 35.5. The minimum atomic E-state index is -0.563. The van der Waals surface area contributed by atoms with Gasteiger partial charge in [0.05, 0.1) is 9.90 Å². The molecular formula is C20H22ClFN2O2S. The van der Waals surface area contributed by atoms with Gasteiger partial charge in [0.25, 0.3) is 5.91 Å². The van der Waals surface area contributed by atoms with Gasteiger partial charge in [-0.1, -0.05) is 30.9 Å². The van der Waals surface area contributed by atoms with E-state index in [-0.39, 0.29) is 29.4 Å². The highest BCUT2D eigenvalue weighted by Crippen LogP contribution is 2.26. The minimum absolute atomic E-state index is 0.0830. The van der Waals surface area contributed by atoms with Crippen molar-refractivity contribution in [3.8, 4) is 0 Å². The Morgan fingerprint density at radius 2 is 1.96 bits per heavy atom. The molecule has 3 rings (SSSR count). The first kappa shape index (κ1) is 19.8. The highest BCUT2D eigenvalue weighted by Gasteiger charge is 2.24. The van der Waals surface area contributed by atoms with E-state index in [1.165, 1.54) is 40.9 Å². The van der Waals surface area contributed by atoms with Gasteiger partial charge in [0, 0.05) is 16.6 Å². The summed E-state index contributed by atoms with van der Waals surface area (Å²) in [5.74, 6) is -1.08. The number of aryl methyl sites for hydroxylation is 1. The molecule has 1 aromatic heterocycles. The van der Waals surface area contributed by atoms with Crippen LogP contribution in [0.5, 0.6) is 0 Å². The minimum Gasteiger partial charge on any atom is -0.352 e. The summed E-state index contributed by atoms with van der Waals surface area (Å²) in [6.07, 6.45) is 5.34. The molecule has 1 heterocycles. The Labute approximate surface area is 167 Å². The first-order valence-electron chi connectivity index (χ1n) is 9.07. The molecule has 0 bridgehead atoms. The van der Waals surface area contributed by atoms with Crippen LogP contribution in [-0.4, -0.2) is 24.4 Å². The third-order valence-corrected chi connectivity index (χ3v) is 5.96. The number of anilines is 1. The van der Waals surface area contributed by atoms with E-state index in [0.717, 1.165) is 30.6 Å². The highest BCUT2D eigenvalue weighted by molar-refractivity contribution is 7.14. The summed E-state index contributed by atoms with van der Waals surface area (Å²) in [4.78, 5) is 28.5. The first-order chi connectivity index (χ1) is 12.9. The van der Waals surface area contributed by atoms with E-state index in [0.29, 0.717) is 10.6 Å². The average Bonchev–Trinajstić information content (AvgIpc) is 3.09. The number of hydrogen-bond donors (Lipinski definition) is 1. The van der Waals surface area contributed by atoms with Gasteiger partial charge < -0.3 is 5.32 Å². The molecule has 1 aromatic carbocycles. The van der Waals surface area contributed by atoms with E-state index < -0.39 is 5.82 Å². The summed E-state index contributed by atoms with van der Waals surface area (Å²) in [6, 6.07) is 7.80. The summed E-state index contributed by atoms with van der Waals surface area (Å²) < 4.78 is 13.5. The van der Waals surface area contributed by atoms with Crippen molar-refractivity contribution in [1.29, 1.82) is 0 Å². The van der Waals surface area contributed by atoms with E-state index >= 15 is 0 Å². The van der Waals surface area contributed by atoms with Crippen LogP contribution >= 0.6 is 22.9 Å². The lowest BCUT2D eigenvalue weighted by atomic mass is 9.95. The third kappa shape index (κ3) is 5.08. The Morgan fingerprint density at radius 1 is 1.22 bits per heavy atom. The number of benzene rings is 1. The SMILES string of the molecule is Cc1ccc(C(=O)N(CC(=O)NC2CCCCC2)c2ccc(F)c(Cl)c2)s1. The van der Waals surface area contributed by atoms with E-state index in [4.69, 9.17) is 11.6 Å². The quantitative estimate of drug-likeness (QED) is 0.761. The molecule has 0 aliphatic heterocycles. The van der Waals surface area contributed by atoms with Gasteiger partial charge in [0.1, 0.15) is 12.4 Å². The Morgan fingerprint density at radius 3 is 2.59 bits per heavy atom. The standard InChI is InChI=1S/C20H22ClFN2O2S/c1-13-7-10-18(27-13)20(26)24(15-8-9-17(22)16(21)11-15)12-19(25)23-14-5-3-2-4-6-14/h7-11,14H,2-6,12H2,1H3,(H,23,25). The lowest BCUT2D eigenvalue weighted by molar-refractivity contribution is -0.120. The van der Waals surface area contributed by atoms with E-state index in [1.54, 1.807) is 6.07 Å². The number of carbonyl (C=O) groups excluding carboxylic acids is 2. The zero-order valence-corrected chi connectivity index (χ0v) is 16.7. The molecule has 7 heteroatoms. The summed E-state index contributed by atoms with van der Waals surface area (Å²) in [5, 5.41) is 2.94. The average molecular weight is 409 g/mol. The molecule has 0 spiro atoms. The molecule has 1 fully saturated rings. The molecular weight excluding hydrogens is 387 g/mol. The number of rotatable bonds is 5. The molecule has 0 saturated heterocycles. The lowest BCUT2D eigenvalue weighted by Crippen LogP contribution is -2.44. The second-order valence-electron chi connectivity index (χ2n) is 6.80. The summed E-state index contributed by atoms with van der Waals surface area (Å²) in [6.45, 7) is 1.78. The Hall–Kier alpha value is -1.92. The maximum absolute atomic E-state index is 13.5. The monoisotopic (exact) mass is 408 g/mol. The van der Waals surface area contributed by atoms with Gasteiger partial charge in [-0.05, 0) is 50.1 Å². The molecule has 2 aromatic rings. The molecule has 2 amide bonds. The number of nitrogens with zero attached hydrogens (tertiary/aromatic N) is 1. The summed E-state index contributed by atoms with van der Waals surface area (Å²) >= 11 is 7.25. The van der Waals surface area contributed by atoms with Crippen LogP contribution in [0.3, 0.4) is 0 Å². The molecule has 1 N–H and O–H groups in total. The smallest absolute Gasteiger partial charge is 0.268 e. The maximum Gasteiger partial charge on any atom is 0.268 e. The van der Waals surface area contributed by atoms with Gasteiger partial charge in [0.2, 0.25) is 5.91 Å². The fourth-order valence-corrected chi connectivity index (χ4v) is 4.27. The Bertz CT molecular complexity index is 833. The van der Waals surface area contributed by atoms with Crippen LogP contribution in [0.1, 0.15) is 46.7 Å². The second-order valence-corrected chi connectivity index (χ2v) is 8.50. The van der Waals surface area contributed by atoms with Crippen molar-refractivity contribution in [2.75, 3.05) is 11.4 Å². The van der Waals surface area contributed by atoms with E-state index in [2.05, 4.69) is 5.32 Å². The second kappa shape index (κ2) is 8.85. The molecule has 1 aliphatic rings. The molecule has 4 nitrogen and oxygen atoms in total. The molecule has 1 saturated carbocycles. The first-order valence-corrected chi connectivity index (χ1v) is 10.3. The Balaban J connectivity index is 1.81. The van der Waals surface area contributed by atoms with Crippen molar-refractivity contribution >= 4 is 40.4 Å². The van der Waals surface area contributed by atoms with Crippen molar-refractivity contribution in [3.05, 3.63) is 50.9 Å². The van der Waals surface area contributed by atoms with E-state index in [9.17, 15) is 14.0 Å². The third-order valence-electron chi connectivity index (χ3n) is 4.68. The maximum atomic E-state index is 13.5. The van der Waals surface area contributed by atoms with Crippen LogP contribution < -0.4 is 10.2 Å². The zero-order chi connectivity index (χ0) is 19.4. The lowest BCUT2D eigenvalue weighted by Gasteiger charge is -2.26. The number of hydrogen-bond acceptors (Lipinski definition) is 3. The molecule has 0 radical (unpaired) electrons. The number of nitrogens with one attached hydrogen (secondary N) is 1. The van der Waals surface area contributed by atoms with Crippen molar-refractivity contribution < 1.29 is 14.0 Å². The van der Waals surface area contributed by atoms with Crippen molar-refractivity contribution in [2.45, 2.75) is 45.1 Å². The normalized spacial score (nSPS) is 14.8. The van der Waals surface area contributed by atoms with Crippen LogP contribution in [0.4, 0.5) is 10.1 Å². The van der Waals surface area contributed by atoms with Gasteiger partial charge in [0.15, 0.2) is 0 Å². The van der Waals surface area contributed by atoms with Crippen LogP contribution in [0.25, 0.3) is 0 Å². The molecule has 27 heavy (non-hydrogen) atoms. The number of thiophene rings is 1. The van der Waals surface area contributed by atoms with Crippen LogP contribution in [0, 0.1) is 12.7 Å². The summed E-state index contributed by atoms with van der Waals surface area (Å²) in [5.41, 5.74) is 0.399. The van der Waals surface area contributed by atoms with Crippen LogP contribution in [0.15, 0.2) is 30.3 Å². The topological polar surface area (TPSA) is 49.4 Å². The molecule has 144 valence electrons. The summed E-state index contributed by atoms with van der Waals surface area (Å²) in [7, 11) is 0. The largest absolute Gasteiger partial charge is 0.352 e.